The number of hydrogen-bond donors (Lipinski definition) is 2. The zero-order chi connectivity index (χ0) is 15.4. The maximum Gasteiger partial charge on any atom is 0.251 e. The highest BCUT2D eigenvalue weighted by Crippen LogP contribution is 2.20. The summed E-state index contributed by atoms with van der Waals surface area (Å²) in [6.45, 7) is 6.78. The third-order valence-electron chi connectivity index (χ3n) is 3.90. The third-order valence-corrected chi connectivity index (χ3v) is 3.90. The number of amides is 1. The monoisotopic (exact) mass is 289 g/mol. The first-order valence-electron chi connectivity index (χ1n) is 7.34. The molecule has 0 spiro atoms. The van der Waals surface area contributed by atoms with Crippen LogP contribution in [-0.4, -0.2) is 35.9 Å². The number of hydrogen-bond acceptors (Lipinski definition) is 4. The van der Waals surface area contributed by atoms with Crippen LogP contribution in [0.5, 0.6) is 0 Å². The zero-order valence-corrected chi connectivity index (χ0v) is 12.8. The number of carbonyl (C=O) groups excluding carboxylic acids is 1. The molecule has 21 heavy (non-hydrogen) atoms. The van der Waals surface area contributed by atoms with Gasteiger partial charge in [-0.1, -0.05) is 6.92 Å². The summed E-state index contributed by atoms with van der Waals surface area (Å²) in [6.07, 6.45) is 0.985. The SMILES string of the molecule is CC1=NN(c2ccc(C(=O)NC(C)C(C)CO)cc2)CC1. The number of carbonyl (C=O) groups is 1. The molecule has 0 bridgehead atoms. The minimum Gasteiger partial charge on any atom is -0.396 e. The van der Waals surface area contributed by atoms with E-state index in [4.69, 9.17) is 5.11 Å². The van der Waals surface area contributed by atoms with Crippen molar-refractivity contribution in [2.45, 2.75) is 33.2 Å². The Hall–Kier alpha value is -1.88. The van der Waals surface area contributed by atoms with Crippen LogP contribution < -0.4 is 10.3 Å². The summed E-state index contributed by atoms with van der Waals surface area (Å²) in [7, 11) is 0. The molecule has 5 nitrogen and oxygen atoms in total. The van der Waals surface area contributed by atoms with Crippen molar-refractivity contribution >= 4 is 17.3 Å². The Morgan fingerprint density at radius 1 is 1.38 bits per heavy atom. The van der Waals surface area contributed by atoms with Gasteiger partial charge in [0.05, 0.1) is 5.69 Å². The van der Waals surface area contributed by atoms with E-state index in [0.29, 0.717) is 5.56 Å². The molecule has 2 unspecified atom stereocenters. The van der Waals surface area contributed by atoms with Crippen LogP contribution in [0.1, 0.15) is 37.6 Å². The van der Waals surface area contributed by atoms with Crippen LogP contribution in [0.25, 0.3) is 0 Å². The highest BCUT2D eigenvalue weighted by molar-refractivity contribution is 5.94. The average molecular weight is 289 g/mol. The number of hydrazone groups is 1. The van der Waals surface area contributed by atoms with Crippen LogP contribution in [0.4, 0.5) is 5.69 Å². The molecule has 1 aliphatic rings. The van der Waals surface area contributed by atoms with E-state index in [9.17, 15) is 4.79 Å². The molecule has 114 valence electrons. The number of nitrogens with zero attached hydrogens (tertiary/aromatic N) is 2. The van der Waals surface area contributed by atoms with Crippen molar-refractivity contribution in [3.8, 4) is 0 Å². The summed E-state index contributed by atoms with van der Waals surface area (Å²) < 4.78 is 0. The van der Waals surface area contributed by atoms with Crippen molar-refractivity contribution in [1.29, 1.82) is 0 Å². The number of anilines is 1. The summed E-state index contributed by atoms with van der Waals surface area (Å²) in [4.78, 5) is 12.1. The van der Waals surface area contributed by atoms with Gasteiger partial charge in [0.2, 0.25) is 0 Å². The first-order chi connectivity index (χ1) is 10.0. The van der Waals surface area contributed by atoms with E-state index in [1.807, 2.05) is 50.0 Å². The molecule has 0 saturated heterocycles. The summed E-state index contributed by atoms with van der Waals surface area (Å²) >= 11 is 0. The number of aliphatic hydroxyl groups excluding tert-OH is 1. The van der Waals surface area contributed by atoms with Gasteiger partial charge in [-0.2, -0.15) is 5.10 Å². The van der Waals surface area contributed by atoms with Crippen LogP contribution in [-0.2, 0) is 0 Å². The highest BCUT2D eigenvalue weighted by Gasteiger charge is 2.16. The van der Waals surface area contributed by atoms with E-state index in [1.165, 1.54) is 0 Å². The third kappa shape index (κ3) is 3.82. The fourth-order valence-corrected chi connectivity index (χ4v) is 2.14. The molecule has 1 amide bonds. The van der Waals surface area contributed by atoms with Crippen molar-refractivity contribution in [3.63, 3.8) is 0 Å². The second-order valence-corrected chi connectivity index (χ2v) is 5.68. The lowest BCUT2D eigenvalue weighted by molar-refractivity contribution is 0.0916. The normalized spacial score (nSPS) is 17.3. The Kier molecular flexibility index (Phi) is 4.96. The molecule has 2 rings (SSSR count). The molecule has 2 N–H and O–H groups in total. The van der Waals surface area contributed by atoms with Gasteiger partial charge in [-0.05, 0) is 44.0 Å². The summed E-state index contributed by atoms with van der Waals surface area (Å²) in [6, 6.07) is 7.39. The minimum atomic E-state index is -0.115. The molecule has 0 radical (unpaired) electrons. The predicted molar refractivity (Wildman–Crippen MR) is 84.7 cm³/mol. The molecule has 0 aliphatic carbocycles. The van der Waals surface area contributed by atoms with Crippen LogP contribution >= 0.6 is 0 Å². The zero-order valence-electron chi connectivity index (χ0n) is 12.8. The van der Waals surface area contributed by atoms with E-state index in [-0.39, 0.29) is 24.5 Å². The van der Waals surface area contributed by atoms with Gasteiger partial charge >= 0.3 is 0 Å². The Morgan fingerprint density at radius 2 is 2.05 bits per heavy atom. The number of rotatable bonds is 5. The lowest BCUT2D eigenvalue weighted by Gasteiger charge is -2.19. The van der Waals surface area contributed by atoms with Crippen molar-refractivity contribution < 1.29 is 9.90 Å². The summed E-state index contributed by atoms with van der Waals surface area (Å²) in [5.41, 5.74) is 2.75. The van der Waals surface area contributed by atoms with E-state index in [1.54, 1.807) is 0 Å². The van der Waals surface area contributed by atoms with Crippen LogP contribution in [0.15, 0.2) is 29.4 Å². The molecule has 2 atom stereocenters. The molecule has 1 aliphatic heterocycles. The van der Waals surface area contributed by atoms with Gasteiger partial charge in [0.1, 0.15) is 0 Å². The molecule has 1 aromatic rings. The smallest absolute Gasteiger partial charge is 0.251 e. The molecule has 1 aromatic carbocycles. The van der Waals surface area contributed by atoms with E-state index < -0.39 is 0 Å². The number of benzene rings is 1. The predicted octanol–water partition coefficient (Wildman–Crippen LogP) is 2.02. The quantitative estimate of drug-likeness (QED) is 0.871. The number of aliphatic hydroxyl groups is 1. The highest BCUT2D eigenvalue weighted by atomic mass is 16.3. The fraction of sp³-hybridized carbons (Fsp3) is 0.500. The van der Waals surface area contributed by atoms with Crippen molar-refractivity contribution in [2.75, 3.05) is 18.2 Å². The summed E-state index contributed by atoms with van der Waals surface area (Å²) in [5.74, 6) is -0.0782. The lowest BCUT2D eigenvalue weighted by Crippen LogP contribution is -2.38. The fourth-order valence-electron chi connectivity index (χ4n) is 2.14. The van der Waals surface area contributed by atoms with Gasteiger partial charge in [-0.25, -0.2) is 0 Å². The van der Waals surface area contributed by atoms with E-state index in [2.05, 4.69) is 10.4 Å². The Morgan fingerprint density at radius 3 is 2.57 bits per heavy atom. The largest absolute Gasteiger partial charge is 0.396 e. The lowest BCUT2D eigenvalue weighted by atomic mass is 10.0. The molecule has 0 fully saturated rings. The average Bonchev–Trinajstić information content (AvgIpc) is 2.93. The van der Waals surface area contributed by atoms with Crippen molar-refractivity contribution in [3.05, 3.63) is 29.8 Å². The maximum atomic E-state index is 12.1. The van der Waals surface area contributed by atoms with Gasteiger partial charge < -0.3 is 10.4 Å². The van der Waals surface area contributed by atoms with Crippen molar-refractivity contribution in [1.82, 2.24) is 5.32 Å². The molecular weight excluding hydrogens is 266 g/mol. The Balaban J connectivity index is 2.00. The molecule has 0 aromatic heterocycles. The topological polar surface area (TPSA) is 64.9 Å². The summed E-state index contributed by atoms with van der Waals surface area (Å²) in [5, 5.41) is 18.4. The van der Waals surface area contributed by atoms with Gasteiger partial charge in [-0.3, -0.25) is 9.80 Å². The van der Waals surface area contributed by atoms with Crippen LogP contribution in [0.2, 0.25) is 0 Å². The Bertz CT molecular complexity index is 525. The van der Waals surface area contributed by atoms with E-state index in [0.717, 1.165) is 24.4 Å². The second-order valence-electron chi connectivity index (χ2n) is 5.68. The molecule has 5 heteroatoms. The van der Waals surface area contributed by atoms with Gasteiger partial charge in [0.25, 0.3) is 5.91 Å². The standard InChI is InChI=1S/C16H23N3O2/c1-11(10-20)13(3)17-16(21)14-4-6-15(7-5-14)19-9-8-12(2)18-19/h4-7,11,13,20H,8-10H2,1-3H3,(H,17,21). The second kappa shape index (κ2) is 6.72. The van der Waals surface area contributed by atoms with Gasteiger partial charge in [0.15, 0.2) is 0 Å². The van der Waals surface area contributed by atoms with Crippen LogP contribution in [0.3, 0.4) is 0 Å². The maximum absolute atomic E-state index is 12.1. The number of nitrogens with one attached hydrogen (secondary N) is 1. The molecule has 0 saturated carbocycles. The van der Waals surface area contributed by atoms with Crippen LogP contribution in [0, 0.1) is 5.92 Å². The van der Waals surface area contributed by atoms with Gasteiger partial charge in [0, 0.05) is 36.9 Å². The van der Waals surface area contributed by atoms with Gasteiger partial charge in [-0.15, -0.1) is 0 Å². The first kappa shape index (κ1) is 15.5. The van der Waals surface area contributed by atoms with E-state index >= 15 is 0 Å². The molecular formula is C16H23N3O2. The minimum absolute atomic E-state index is 0.0372. The first-order valence-corrected chi connectivity index (χ1v) is 7.34. The van der Waals surface area contributed by atoms with Crippen molar-refractivity contribution in [2.24, 2.45) is 11.0 Å². The molecule has 1 heterocycles. The Labute approximate surface area is 125 Å².